The average Bonchev–Trinajstić information content (AvgIpc) is 2.93. The second-order valence-corrected chi connectivity index (χ2v) is 7.71. The van der Waals surface area contributed by atoms with Gasteiger partial charge in [0.05, 0.1) is 18.1 Å². The summed E-state index contributed by atoms with van der Waals surface area (Å²) in [4.78, 5) is 8.88. The van der Waals surface area contributed by atoms with Gasteiger partial charge >= 0.3 is 0 Å². The monoisotopic (exact) mass is 321 g/mol. The number of sulfonamides is 1. The Labute approximate surface area is 129 Å². The van der Waals surface area contributed by atoms with Gasteiger partial charge in [0.15, 0.2) is 0 Å². The molecule has 1 N–H and O–H groups in total. The Morgan fingerprint density at radius 3 is 2.82 bits per heavy atom. The lowest BCUT2D eigenvalue weighted by molar-refractivity contribution is 0.314. The van der Waals surface area contributed by atoms with E-state index < -0.39 is 10.0 Å². The fourth-order valence-electron chi connectivity index (χ4n) is 2.74. The molecule has 3 rings (SSSR count). The summed E-state index contributed by atoms with van der Waals surface area (Å²) in [6.07, 6.45) is 6.41. The van der Waals surface area contributed by atoms with Gasteiger partial charge in [0, 0.05) is 30.9 Å². The van der Waals surface area contributed by atoms with Gasteiger partial charge in [-0.2, -0.15) is 5.10 Å². The Morgan fingerprint density at radius 2 is 2.14 bits per heavy atom. The lowest BCUT2D eigenvalue weighted by Crippen LogP contribution is -2.38. The van der Waals surface area contributed by atoms with Crippen LogP contribution in [0.3, 0.4) is 0 Å². The van der Waals surface area contributed by atoms with Gasteiger partial charge in [-0.05, 0) is 25.8 Å². The van der Waals surface area contributed by atoms with E-state index in [2.05, 4.69) is 20.2 Å². The Hall–Kier alpha value is -1.80. The molecule has 118 valence electrons. The highest BCUT2D eigenvalue weighted by Crippen LogP contribution is 2.27. The summed E-state index contributed by atoms with van der Waals surface area (Å²) in [6, 6.07) is 1.91. The second kappa shape index (κ2) is 5.77. The maximum atomic E-state index is 11.7. The molecule has 1 aliphatic heterocycles. The molecule has 2 aromatic heterocycles. The van der Waals surface area contributed by atoms with E-state index in [1.54, 1.807) is 12.4 Å². The first-order valence-corrected chi connectivity index (χ1v) is 9.08. The van der Waals surface area contributed by atoms with Crippen LogP contribution < -0.4 is 0 Å². The van der Waals surface area contributed by atoms with Crippen molar-refractivity contribution in [2.24, 2.45) is 0 Å². The molecule has 0 saturated carbocycles. The van der Waals surface area contributed by atoms with Crippen molar-refractivity contribution in [2.75, 3.05) is 19.3 Å². The number of nitrogens with one attached hydrogen (secondary N) is 1. The van der Waals surface area contributed by atoms with Crippen LogP contribution in [0.5, 0.6) is 0 Å². The van der Waals surface area contributed by atoms with Gasteiger partial charge in [-0.25, -0.2) is 17.7 Å². The molecule has 0 amide bonds. The maximum Gasteiger partial charge on any atom is 0.211 e. The van der Waals surface area contributed by atoms with Crippen LogP contribution in [0.25, 0.3) is 11.4 Å². The zero-order valence-electron chi connectivity index (χ0n) is 12.7. The largest absolute Gasteiger partial charge is 0.282 e. The van der Waals surface area contributed by atoms with E-state index in [0.29, 0.717) is 18.8 Å². The van der Waals surface area contributed by atoms with Crippen molar-refractivity contribution in [3.05, 3.63) is 29.8 Å². The maximum absolute atomic E-state index is 11.7. The van der Waals surface area contributed by atoms with Crippen molar-refractivity contribution in [2.45, 2.75) is 25.7 Å². The molecule has 0 aromatic carbocycles. The van der Waals surface area contributed by atoms with Crippen LogP contribution in [-0.4, -0.2) is 52.2 Å². The summed E-state index contributed by atoms with van der Waals surface area (Å²) in [5.74, 6) is 0.0796. The molecule has 0 aliphatic carbocycles. The first kappa shape index (κ1) is 15.1. The zero-order chi connectivity index (χ0) is 15.7. The van der Waals surface area contributed by atoms with Crippen molar-refractivity contribution in [3.63, 3.8) is 0 Å². The molecule has 0 bridgehead atoms. The number of hydrogen-bond donors (Lipinski definition) is 1. The number of hydrogen-bond acceptors (Lipinski definition) is 5. The third-order valence-electron chi connectivity index (χ3n) is 3.89. The second-order valence-electron chi connectivity index (χ2n) is 5.73. The van der Waals surface area contributed by atoms with E-state index in [1.165, 1.54) is 10.6 Å². The summed E-state index contributed by atoms with van der Waals surface area (Å²) in [5.41, 5.74) is 3.25. The Balaban J connectivity index is 1.86. The highest BCUT2D eigenvalue weighted by Gasteiger charge is 2.28. The van der Waals surface area contributed by atoms with Crippen LogP contribution in [0, 0.1) is 6.92 Å². The molecular weight excluding hydrogens is 302 g/mol. The number of rotatable bonds is 3. The number of aromatic nitrogens is 4. The molecule has 3 heterocycles. The van der Waals surface area contributed by atoms with Gasteiger partial charge in [0.25, 0.3) is 0 Å². The molecule has 0 unspecified atom stereocenters. The summed E-state index contributed by atoms with van der Waals surface area (Å²) >= 11 is 0. The fraction of sp³-hybridized carbons (Fsp3) is 0.500. The minimum atomic E-state index is -3.16. The Kier molecular flexibility index (Phi) is 3.96. The molecular formula is C14H19N5O2S. The normalized spacial score (nSPS) is 20.2. The van der Waals surface area contributed by atoms with Gasteiger partial charge in [-0.15, -0.1) is 0 Å². The fourth-order valence-corrected chi connectivity index (χ4v) is 3.65. The van der Waals surface area contributed by atoms with Gasteiger partial charge < -0.3 is 0 Å². The minimum absolute atomic E-state index is 0.0796. The molecule has 1 saturated heterocycles. The van der Waals surface area contributed by atoms with Crippen LogP contribution in [0.1, 0.15) is 30.1 Å². The van der Waals surface area contributed by atoms with E-state index >= 15 is 0 Å². The third-order valence-corrected chi connectivity index (χ3v) is 5.16. The van der Waals surface area contributed by atoms with Gasteiger partial charge in [0.2, 0.25) is 10.0 Å². The van der Waals surface area contributed by atoms with E-state index in [0.717, 1.165) is 29.9 Å². The number of nitrogens with zero attached hydrogens (tertiary/aromatic N) is 4. The van der Waals surface area contributed by atoms with Gasteiger partial charge in [0.1, 0.15) is 11.4 Å². The molecule has 8 heteroatoms. The number of aryl methyl sites for hydroxylation is 1. The molecule has 2 aromatic rings. The standard InChI is InChI=1S/C14H19N5O2S/c1-10-6-12(18-17-10)14-8-15-7-13(16-14)11-4-3-5-19(9-11)22(2,20)21/h6-8,11H,3-5,9H2,1-2H3,(H,17,18)/t11-/m1/s1. The van der Waals surface area contributed by atoms with Crippen molar-refractivity contribution in [1.82, 2.24) is 24.5 Å². The van der Waals surface area contributed by atoms with E-state index in [1.807, 2.05) is 13.0 Å². The van der Waals surface area contributed by atoms with Crippen molar-refractivity contribution >= 4 is 10.0 Å². The first-order chi connectivity index (χ1) is 10.4. The zero-order valence-corrected chi connectivity index (χ0v) is 13.5. The van der Waals surface area contributed by atoms with Crippen LogP contribution in [0.2, 0.25) is 0 Å². The molecule has 7 nitrogen and oxygen atoms in total. The van der Waals surface area contributed by atoms with E-state index in [-0.39, 0.29) is 5.92 Å². The molecule has 1 fully saturated rings. The van der Waals surface area contributed by atoms with Gasteiger partial charge in [-0.1, -0.05) is 0 Å². The van der Waals surface area contributed by atoms with E-state index in [4.69, 9.17) is 0 Å². The van der Waals surface area contributed by atoms with E-state index in [9.17, 15) is 8.42 Å². The topological polar surface area (TPSA) is 91.8 Å². The lowest BCUT2D eigenvalue weighted by Gasteiger charge is -2.30. The predicted molar refractivity (Wildman–Crippen MR) is 82.7 cm³/mol. The molecule has 1 aliphatic rings. The van der Waals surface area contributed by atoms with Gasteiger partial charge in [-0.3, -0.25) is 10.1 Å². The Morgan fingerprint density at radius 1 is 1.32 bits per heavy atom. The van der Waals surface area contributed by atoms with Crippen LogP contribution >= 0.6 is 0 Å². The smallest absolute Gasteiger partial charge is 0.211 e. The van der Waals surface area contributed by atoms with Crippen molar-refractivity contribution in [3.8, 4) is 11.4 Å². The number of aromatic amines is 1. The summed E-state index contributed by atoms with van der Waals surface area (Å²) in [5, 5.41) is 7.08. The van der Waals surface area contributed by atoms with Crippen LogP contribution in [-0.2, 0) is 10.0 Å². The summed E-state index contributed by atoms with van der Waals surface area (Å²) in [7, 11) is -3.16. The molecule has 0 spiro atoms. The number of piperidine rings is 1. The average molecular weight is 321 g/mol. The Bertz CT molecular complexity index is 771. The van der Waals surface area contributed by atoms with Crippen LogP contribution in [0.4, 0.5) is 0 Å². The SMILES string of the molecule is Cc1cc(-c2cncc([C@@H]3CCCN(S(C)(=O)=O)C3)n2)n[nH]1. The summed E-state index contributed by atoms with van der Waals surface area (Å²) < 4.78 is 25.0. The number of H-pyrrole nitrogens is 1. The highest BCUT2D eigenvalue weighted by molar-refractivity contribution is 7.88. The molecule has 22 heavy (non-hydrogen) atoms. The van der Waals surface area contributed by atoms with Crippen molar-refractivity contribution in [1.29, 1.82) is 0 Å². The predicted octanol–water partition coefficient (Wildman–Crippen LogP) is 1.31. The third kappa shape index (κ3) is 3.17. The lowest BCUT2D eigenvalue weighted by atomic mass is 9.96. The summed E-state index contributed by atoms with van der Waals surface area (Å²) in [6.45, 7) is 2.98. The minimum Gasteiger partial charge on any atom is -0.282 e. The highest BCUT2D eigenvalue weighted by atomic mass is 32.2. The first-order valence-electron chi connectivity index (χ1n) is 7.23. The van der Waals surface area contributed by atoms with Crippen LogP contribution in [0.15, 0.2) is 18.5 Å². The molecule has 1 atom stereocenters. The quantitative estimate of drug-likeness (QED) is 0.920. The van der Waals surface area contributed by atoms with Crippen molar-refractivity contribution < 1.29 is 8.42 Å². The molecule has 0 radical (unpaired) electrons.